The highest BCUT2D eigenvalue weighted by atomic mass is 16.5. The number of likely N-dealkylation sites (N-methyl/N-ethyl adjacent to an activating group) is 1. The molecule has 0 radical (unpaired) electrons. The SMILES string of the molecule is CCN(C(=O)[C@H](CC1CC1)NC(=O)OCC1c2ccccc2-c2ccccc21)C(C)CC(=O)O. The number of carboxylic acid groups (broad SMARTS) is 1. The molecule has 0 spiro atoms. The topological polar surface area (TPSA) is 95.9 Å². The highest BCUT2D eigenvalue weighted by Crippen LogP contribution is 2.44. The molecule has 2 aromatic carbocycles. The van der Waals surface area contributed by atoms with Crippen molar-refractivity contribution in [2.75, 3.05) is 13.2 Å². The maximum absolute atomic E-state index is 13.2. The normalized spacial score (nSPS) is 16.2. The Morgan fingerprint density at radius 2 is 1.65 bits per heavy atom. The zero-order valence-corrected chi connectivity index (χ0v) is 19.7. The van der Waals surface area contributed by atoms with Crippen molar-refractivity contribution in [1.29, 1.82) is 0 Å². The zero-order chi connectivity index (χ0) is 24.2. The third-order valence-corrected chi connectivity index (χ3v) is 6.83. The second-order valence-electron chi connectivity index (χ2n) is 9.27. The van der Waals surface area contributed by atoms with Crippen LogP contribution in [0.15, 0.2) is 48.5 Å². The van der Waals surface area contributed by atoms with Gasteiger partial charge in [-0.25, -0.2) is 4.79 Å². The molecule has 2 N–H and O–H groups in total. The number of carbonyl (C=O) groups is 3. The van der Waals surface area contributed by atoms with Gasteiger partial charge in [0.1, 0.15) is 12.6 Å². The number of carboxylic acids is 1. The van der Waals surface area contributed by atoms with Crippen molar-refractivity contribution >= 4 is 18.0 Å². The fraction of sp³-hybridized carbons (Fsp3) is 0.444. The highest BCUT2D eigenvalue weighted by molar-refractivity contribution is 5.86. The Morgan fingerprint density at radius 1 is 1.06 bits per heavy atom. The first kappa shape index (κ1) is 23.8. The molecule has 0 saturated heterocycles. The quantitative estimate of drug-likeness (QED) is 0.543. The van der Waals surface area contributed by atoms with E-state index < -0.39 is 24.1 Å². The summed E-state index contributed by atoms with van der Waals surface area (Å²) in [4.78, 5) is 38.7. The average Bonchev–Trinajstić information content (AvgIpc) is 3.57. The summed E-state index contributed by atoms with van der Waals surface area (Å²) in [6.07, 6.45) is 1.85. The summed E-state index contributed by atoms with van der Waals surface area (Å²) in [6, 6.07) is 15.1. The van der Waals surface area contributed by atoms with Gasteiger partial charge in [-0.05, 0) is 48.4 Å². The number of carbonyl (C=O) groups excluding carboxylic acids is 2. The molecule has 0 bridgehead atoms. The Morgan fingerprint density at radius 3 is 2.18 bits per heavy atom. The molecule has 1 saturated carbocycles. The van der Waals surface area contributed by atoms with E-state index in [-0.39, 0.29) is 24.9 Å². The van der Waals surface area contributed by atoms with Crippen LogP contribution in [-0.2, 0) is 14.3 Å². The van der Waals surface area contributed by atoms with Crippen LogP contribution in [0.1, 0.15) is 56.6 Å². The van der Waals surface area contributed by atoms with Gasteiger partial charge in [0.15, 0.2) is 0 Å². The van der Waals surface area contributed by atoms with Gasteiger partial charge in [0.25, 0.3) is 0 Å². The van der Waals surface area contributed by atoms with E-state index in [2.05, 4.69) is 29.6 Å². The van der Waals surface area contributed by atoms with E-state index in [0.717, 1.165) is 35.1 Å². The minimum absolute atomic E-state index is 0.0570. The van der Waals surface area contributed by atoms with Crippen molar-refractivity contribution in [3.05, 3.63) is 59.7 Å². The molecule has 1 unspecified atom stereocenters. The smallest absolute Gasteiger partial charge is 0.407 e. The Labute approximate surface area is 200 Å². The minimum atomic E-state index is -0.956. The van der Waals surface area contributed by atoms with Crippen LogP contribution in [0.5, 0.6) is 0 Å². The van der Waals surface area contributed by atoms with E-state index >= 15 is 0 Å². The number of amides is 2. The number of alkyl carbamates (subject to hydrolysis) is 1. The molecule has 2 aromatic rings. The van der Waals surface area contributed by atoms with Crippen LogP contribution >= 0.6 is 0 Å². The van der Waals surface area contributed by atoms with Gasteiger partial charge in [-0.2, -0.15) is 0 Å². The number of aliphatic carboxylic acids is 1. The lowest BCUT2D eigenvalue weighted by molar-refractivity contribution is -0.141. The molecule has 7 nitrogen and oxygen atoms in total. The van der Waals surface area contributed by atoms with Gasteiger partial charge < -0.3 is 20.1 Å². The number of hydrogen-bond donors (Lipinski definition) is 2. The third-order valence-electron chi connectivity index (χ3n) is 6.83. The first-order valence-corrected chi connectivity index (χ1v) is 12.0. The van der Waals surface area contributed by atoms with Gasteiger partial charge >= 0.3 is 12.1 Å². The van der Waals surface area contributed by atoms with E-state index in [4.69, 9.17) is 9.84 Å². The van der Waals surface area contributed by atoms with Crippen molar-refractivity contribution in [3.63, 3.8) is 0 Å². The van der Waals surface area contributed by atoms with Gasteiger partial charge in [0.2, 0.25) is 5.91 Å². The first-order valence-electron chi connectivity index (χ1n) is 12.0. The van der Waals surface area contributed by atoms with Crippen molar-refractivity contribution < 1.29 is 24.2 Å². The lowest BCUT2D eigenvalue weighted by Crippen LogP contribution is -2.52. The molecule has 7 heteroatoms. The molecule has 180 valence electrons. The summed E-state index contributed by atoms with van der Waals surface area (Å²) in [7, 11) is 0. The van der Waals surface area contributed by atoms with Crippen molar-refractivity contribution in [2.45, 2.75) is 57.5 Å². The zero-order valence-electron chi connectivity index (χ0n) is 19.7. The Bertz CT molecular complexity index is 1020. The molecule has 2 aliphatic rings. The van der Waals surface area contributed by atoms with Crippen LogP contribution in [0.25, 0.3) is 11.1 Å². The molecule has 0 aliphatic heterocycles. The van der Waals surface area contributed by atoms with Crippen molar-refractivity contribution in [1.82, 2.24) is 10.2 Å². The number of hydrogen-bond acceptors (Lipinski definition) is 4. The van der Waals surface area contributed by atoms with E-state index in [9.17, 15) is 14.4 Å². The Hall–Kier alpha value is -3.35. The highest BCUT2D eigenvalue weighted by Gasteiger charge is 2.35. The summed E-state index contributed by atoms with van der Waals surface area (Å²) in [5.74, 6) is -0.867. The molecule has 4 rings (SSSR count). The standard InChI is InChI=1S/C27H32N2O5/c1-3-29(17(2)14-25(30)31)26(32)24(15-18-12-13-18)28-27(33)34-16-23-21-10-6-4-8-19(21)20-9-5-7-11-22(20)23/h4-11,17-18,23-24H,3,12-16H2,1-2H3,(H,28,33)(H,30,31)/t17?,24-/m0/s1. The van der Waals surface area contributed by atoms with Gasteiger partial charge in [-0.15, -0.1) is 0 Å². The van der Waals surface area contributed by atoms with E-state index in [1.165, 1.54) is 4.90 Å². The predicted molar refractivity (Wildman–Crippen MR) is 128 cm³/mol. The lowest BCUT2D eigenvalue weighted by atomic mass is 9.98. The van der Waals surface area contributed by atoms with Crippen molar-refractivity contribution in [2.24, 2.45) is 5.92 Å². The largest absolute Gasteiger partial charge is 0.481 e. The van der Waals surface area contributed by atoms with Crippen LogP contribution in [0.3, 0.4) is 0 Å². The second kappa shape index (κ2) is 10.3. The Balaban J connectivity index is 1.43. The van der Waals surface area contributed by atoms with Gasteiger partial charge in [0.05, 0.1) is 6.42 Å². The second-order valence-corrected chi connectivity index (χ2v) is 9.27. The summed E-state index contributed by atoms with van der Waals surface area (Å²) < 4.78 is 5.65. The molecule has 2 atom stereocenters. The molecule has 2 aliphatic carbocycles. The molecule has 2 amide bonds. The van der Waals surface area contributed by atoms with Crippen molar-refractivity contribution in [3.8, 4) is 11.1 Å². The number of nitrogens with zero attached hydrogens (tertiary/aromatic N) is 1. The lowest BCUT2D eigenvalue weighted by Gasteiger charge is -2.31. The summed E-state index contributed by atoms with van der Waals surface area (Å²) in [6.45, 7) is 4.09. The number of ether oxygens (including phenoxy) is 1. The molecular formula is C27H32N2O5. The maximum Gasteiger partial charge on any atom is 0.407 e. The van der Waals surface area contributed by atoms with Gasteiger partial charge in [0, 0.05) is 18.5 Å². The number of benzene rings is 2. The fourth-order valence-corrected chi connectivity index (χ4v) is 4.94. The predicted octanol–water partition coefficient (Wildman–Crippen LogP) is 4.41. The first-order chi connectivity index (χ1) is 16.4. The van der Waals surface area contributed by atoms with Crippen LogP contribution in [-0.4, -0.2) is 53.2 Å². The number of fused-ring (bicyclic) bond motifs is 3. The Kier molecular flexibility index (Phi) is 7.20. The maximum atomic E-state index is 13.2. The third kappa shape index (κ3) is 5.24. The molecular weight excluding hydrogens is 432 g/mol. The van der Waals surface area contributed by atoms with Crippen LogP contribution in [0, 0.1) is 5.92 Å². The monoisotopic (exact) mass is 464 g/mol. The van der Waals surface area contributed by atoms with Crippen LogP contribution < -0.4 is 5.32 Å². The van der Waals surface area contributed by atoms with Gasteiger partial charge in [-0.1, -0.05) is 61.4 Å². The molecule has 1 fully saturated rings. The van der Waals surface area contributed by atoms with Crippen LogP contribution in [0.4, 0.5) is 4.79 Å². The summed E-state index contributed by atoms with van der Waals surface area (Å²) >= 11 is 0. The number of nitrogens with one attached hydrogen (secondary N) is 1. The molecule has 0 heterocycles. The minimum Gasteiger partial charge on any atom is -0.481 e. The van der Waals surface area contributed by atoms with E-state index in [0.29, 0.717) is 18.9 Å². The number of rotatable bonds is 10. The van der Waals surface area contributed by atoms with E-state index in [1.807, 2.05) is 31.2 Å². The van der Waals surface area contributed by atoms with Crippen LogP contribution in [0.2, 0.25) is 0 Å². The summed E-state index contributed by atoms with van der Waals surface area (Å²) in [5, 5.41) is 11.9. The molecule has 0 aromatic heterocycles. The van der Waals surface area contributed by atoms with E-state index in [1.54, 1.807) is 6.92 Å². The van der Waals surface area contributed by atoms with Gasteiger partial charge in [-0.3, -0.25) is 9.59 Å². The summed E-state index contributed by atoms with van der Waals surface area (Å²) in [5.41, 5.74) is 4.56. The fourth-order valence-electron chi connectivity index (χ4n) is 4.94. The molecule has 34 heavy (non-hydrogen) atoms. The average molecular weight is 465 g/mol.